The van der Waals surface area contributed by atoms with E-state index in [1.165, 1.54) is 12.1 Å². The predicted molar refractivity (Wildman–Crippen MR) is 47.9 cm³/mol. The van der Waals surface area contributed by atoms with Crippen LogP contribution in [0.3, 0.4) is 0 Å². The van der Waals surface area contributed by atoms with E-state index in [0.29, 0.717) is 6.42 Å². The van der Waals surface area contributed by atoms with Gasteiger partial charge in [0.05, 0.1) is 6.61 Å². The van der Waals surface area contributed by atoms with E-state index in [9.17, 15) is 4.39 Å². The molecule has 13 heavy (non-hydrogen) atoms. The van der Waals surface area contributed by atoms with E-state index in [-0.39, 0.29) is 24.9 Å². The van der Waals surface area contributed by atoms with Crippen LogP contribution in [-0.4, -0.2) is 23.4 Å². The number of aliphatic hydroxyl groups excluding tert-OH is 2. The third-order valence-electron chi connectivity index (χ3n) is 2.04. The minimum atomic E-state index is -0.288. The first-order chi connectivity index (χ1) is 6.27. The van der Waals surface area contributed by atoms with Gasteiger partial charge in [-0.2, -0.15) is 0 Å². The summed E-state index contributed by atoms with van der Waals surface area (Å²) in [4.78, 5) is 0. The molecule has 0 spiro atoms. The molecule has 1 unspecified atom stereocenters. The van der Waals surface area contributed by atoms with Crippen LogP contribution in [0.15, 0.2) is 24.3 Å². The van der Waals surface area contributed by atoms with Crippen LogP contribution in [0, 0.1) is 5.82 Å². The minimum absolute atomic E-state index is 0.0216. The van der Waals surface area contributed by atoms with Gasteiger partial charge in [-0.3, -0.25) is 0 Å². The van der Waals surface area contributed by atoms with E-state index in [1.807, 2.05) is 0 Å². The lowest BCUT2D eigenvalue weighted by molar-refractivity contribution is 0.220. The summed E-state index contributed by atoms with van der Waals surface area (Å²) in [5.74, 6) is -0.380. The standard InChI is InChI=1S/C10H13FO2/c11-10-3-1-8(2-4-10)9(7-13)5-6-12/h1-4,9,12-13H,5-7H2. The van der Waals surface area contributed by atoms with Crippen LogP contribution in [-0.2, 0) is 0 Å². The van der Waals surface area contributed by atoms with Crippen molar-refractivity contribution in [2.75, 3.05) is 13.2 Å². The normalized spacial score (nSPS) is 12.8. The highest BCUT2D eigenvalue weighted by Gasteiger charge is 2.08. The largest absolute Gasteiger partial charge is 0.396 e. The molecule has 0 aliphatic rings. The highest BCUT2D eigenvalue weighted by molar-refractivity contribution is 5.20. The number of benzene rings is 1. The highest BCUT2D eigenvalue weighted by atomic mass is 19.1. The molecule has 1 aromatic rings. The fourth-order valence-corrected chi connectivity index (χ4v) is 1.25. The molecule has 0 fully saturated rings. The minimum Gasteiger partial charge on any atom is -0.396 e. The first-order valence-corrected chi connectivity index (χ1v) is 4.25. The summed E-state index contributed by atoms with van der Waals surface area (Å²) in [6, 6.07) is 5.97. The van der Waals surface area contributed by atoms with Crippen LogP contribution in [0.25, 0.3) is 0 Å². The lowest BCUT2D eigenvalue weighted by Crippen LogP contribution is -2.06. The maximum atomic E-state index is 12.5. The molecule has 0 amide bonds. The maximum Gasteiger partial charge on any atom is 0.123 e. The number of aliphatic hydroxyl groups is 2. The number of halogens is 1. The van der Waals surface area contributed by atoms with Crippen LogP contribution in [0.4, 0.5) is 4.39 Å². The van der Waals surface area contributed by atoms with Crippen molar-refractivity contribution in [3.63, 3.8) is 0 Å². The summed E-state index contributed by atoms with van der Waals surface area (Å²) in [5, 5.41) is 17.7. The summed E-state index contributed by atoms with van der Waals surface area (Å²) < 4.78 is 12.5. The van der Waals surface area contributed by atoms with Gasteiger partial charge in [-0.05, 0) is 24.1 Å². The fourth-order valence-electron chi connectivity index (χ4n) is 1.25. The monoisotopic (exact) mass is 184 g/mol. The van der Waals surface area contributed by atoms with Gasteiger partial charge in [-0.25, -0.2) is 4.39 Å². The number of rotatable bonds is 4. The Hall–Kier alpha value is -0.930. The van der Waals surface area contributed by atoms with E-state index in [0.717, 1.165) is 5.56 Å². The summed E-state index contributed by atoms with van der Waals surface area (Å²) in [6.07, 6.45) is 0.502. The van der Waals surface area contributed by atoms with E-state index in [2.05, 4.69) is 0 Å². The third-order valence-corrected chi connectivity index (χ3v) is 2.04. The number of hydrogen-bond donors (Lipinski definition) is 2. The first-order valence-electron chi connectivity index (χ1n) is 4.25. The highest BCUT2D eigenvalue weighted by Crippen LogP contribution is 2.18. The van der Waals surface area contributed by atoms with E-state index in [4.69, 9.17) is 10.2 Å². The van der Waals surface area contributed by atoms with E-state index >= 15 is 0 Å². The first kappa shape index (κ1) is 10.2. The van der Waals surface area contributed by atoms with Crippen molar-refractivity contribution in [2.45, 2.75) is 12.3 Å². The summed E-state index contributed by atoms with van der Waals surface area (Å²) >= 11 is 0. The molecule has 0 saturated heterocycles. The Balaban J connectivity index is 2.73. The Kier molecular flexibility index (Phi) is 3.86. The lowest BCUT2D eigenvalue weighted by atomic mass is 9.97. The predicted octanol–water partition coefficient (Wildman–Crippen LogP) is 1.28. The van der Waals surface area contributed by atoms with E-state index in [1.54, 1.807) is 12.1 Å². The van der Waals surface area contributed by atoms with Crippen LogP contribution in [0.5, 0.6) is 0 Å². The summed E-state index contributed by atoms with van der Waals surface area (Å²) in [7, 11) is 0. The molecule has 2 N–H and O–H groups in total. The van der Waals surface area contributed by atoms with Gasteiger partial charge < -0.3 is 10.2 Å². The van der Waals surface area contributed by atoms with Gasteiger partial charge in [0.15, 0.2) is 0 Å². The summed E-state index contributed by atoms with van der Waals surface area (Å²) in [6.45, 7) is 0.00873. The van der Waals surface area contributed by atoms with Crippen molar-refractivity contribution in [1.82, 2.24) is 0 Å². The van der Waals surface area contributed by atoms with Gasteiger partial charge in [-0.1, -0.05) is 12.1 Å². The molecule has 2 nitrogen and oxygen atoms in total. The second-order valence-corrected chi connectivity index (χ2v) is 2.94. The van der Waals surface area contributed by atoms with Crippen LogP contribution < -0.4 is 0 Å². The second kappa shape index (κ2) is 4.94. The zero-order chi connectivity index (χ0) is 9.68. The van der Waals surface area contributed by atoms with Gasteiger partial charge in [0.25, 0.3) is 0 Å². The van der Waals surface area contributed by atoms with Crippen molar-refractivity contribution >= 4 is 0 Å². The van der Waals surface area contributed by atoms with Crippen molar-refractivity contribution in [1.29, 1.82) is 0 Å². The molecule has 0 aliphatic heterocycles. The van der Waals surface area contributed by atoms with Crippen molar-refractivity contribution in [2.24, 2.45) is 0 Å². The Morgan fingerprint density at radius 2 is 1.77 bits per heavy atom. The Morgan fingerprint density at radius 1 is 1.15 bits per heavy atom. The second-order valence-electron chi connectivity index (χ2n) is 2.94. The smallest absolute Gasteiger partial charge is 0.123 e. The molecule has 72 valence electrons. The van der Waals surface area contributed by atoms with Gasteiger partial charge >= 0.3 is 0 Å². The molecule has 0 saturated carbocycles. The fraction of sp³-hybridized carbons (Fsp3) is 0.400. The molecule has 0 aromatic heterocycles. The van der Waals surface area contributed by atoms with Crippen LogP contribution >= 0.6 is 0 Å². The Morgan fingerprint density at radius 3 is 2.23 bits per heavy atom. The summed E-state index contributed by atoms with van der Waals surface area (Å²) in [5.41, 5.74) is 0.859. The quantitative estimate of drug-likeness (QED) is 0.740. The molecular formula is C10H13FO2. The molecule has 1 aromatic carbocycles. The van der Waals surface area contributed by atoms with Crippen LogP contribution in [0.2, 0.25) is 0 Å². The zero-order valence-corrected chi connectivity index (χ0v) is 7.28. The zero-order valence-electron chi connectivity index (χ0n) is 7.28. The molecule has 1 rings (SSSR count). The maximum absolute atomic E-state index is 12.5. The molecule has 0 aliphatic carbocycles. The topological polar surface area (TPSA) is 40.5 Å². The van der Waals surface area contributed by atoms with Gasteiger partial charge in [-0.15, -0.1) is 0 Å². The molecule has 0 radical (unpaired) electrons. The third kappa shape index (κ3) is 2.79. The van der Waals surface area contributed by atoms with Crippen molar-refractivity contribution in [3.8, 4) is 0 Å². The lowest BCUT2D eigenvalue weighted by Gasteiger charge is -2.12. The Bertz CT molecular complexity index is 246. The van der Waals surface area contributed by atoms with Crippen molar-refractivity contribution in [3.05, 3.63) is 35.6 Å². The van der Waals surface area contributed by atoms with Crippen molar-refractivity contribution < 1.29 is 14.6 Å². The molecular weight excluding hydrogens is 171 g/mol. The average molecular weight is 184 g/mol. The van der Waals surface area contributed by atoms with Crippen LogP contribution in [0.1, 0.15) is 17.9 Å². The molecule has 3 heteroatoms. The number of hydrogen-bond acceptors (Lipinski definition) is 2. The van der Waals surface area contributed by atoms with Gasteiger partial charge in [0, 0.05) is 12.5 Å². The van der Waals surface area contributed by atoms with E-state index < -0.39 is 0 Å². The average Bonchev–Trinajstić information content (AvgIpc) is 2.16. The molecule has 0 heterocycles. The van der Waals surface area contributed by atoms with Gasteiger partial charge in [0.1, 0.15) is 5.82 Å². The van der Waals surface area contributed by atoms with Gasteiger partial charge in [0.2, 0.25) is 0 Å². The SMILES string of the molecule is OCCC(CO)c1ccc(F)cc1. The molecule has 0 bridgehead atoms. The Labute approximate surface area is 76.6 Å². The molecule has 1 atom stereocenters.